The second-order valence-electron chi connectivity index (χ2n) is 4.61. The van der Waals surface area contributed by atoms with E-state index in [0.717, 1.165) is 11.3 Å². The predicted octanol–water partition coefficient (Wildman–Crippen LogP) is 3.50. The molecule has 0 spiro atoms. The summed E-state index contributed by atoms with van der Waals surface area (Å²) >= 11 is 0. The first kappa shape index (κ1) is 14.3. The van der Waals surface area contributed by atoms with Crippen molar-refractivity contribution in [3.63, 3.8) is 0 Å². The summed E-state index contributed by atoms with van der Waals surface area (Å²) < 4.78 is 18.4. The van der Waals surface area contributed by atoms with E-state index in [0.29, 0.717) is 11.3 Å². The van der Waals surface area contributed by atoms with Crippen LogP contribution in [-0.2, 0) is 6.61 Å². The molecule has 0 aliphatic heterocycles. The van der Waals surface area contributed by atoms with E-state index in [-0.39, 0.29) is 18.5 Å². The number of hydrogen-bond acceptors (Lipinski definition) is 3. The van der Waals surface area contributed by atoms with Crippen molar-refractivity contribution in [3.05, 3.63) is 59.4 Å². The summed E-state index contributed by atoms with van der Waals surface area (Å²) in [4.78, 5) is 0. The normalized spacial score (nSPS) is 12.0. The number of nitrogens with one attached hydrogen (secondary N) is 1. The van der Waals surface area contributed by atoms with Crippen LogP contribution in [0.15, 0.2) is 42.5 Å². The van der Waals surface area contributed by atoms with Crippen molar-refractivity contribution in [2.45, 2.75) is 19.6 Å². The molecular weight excluding hydrogens is 257 g/mol. The number of methoxy groups -OCH3 is 1. The molecule has 0 aliphatic carbocycles. The molecule has 1 atom stereocenters. The molecule has 2 N–H and O–H groups in total. The molecule has 3 nitrogen and oxygen atoms in total. The number of hydrogen-bond donors (Lipinski definition) is 2. The lowest BCUT2D eigenvalue weighted by atomic mass is 10.1. The van der Waals surface area contributed by atoms with Gasteiger partial charge in [-0.1, -0.05) is 12.1 Å². The highest BCUT2D eigenvalue weighted by molar-refractivity contribution is 5.52. The van der Waals surface area contributed by atoms with Gasteiger partial charge in [-0.25, -0.2) is 4.39 Å². The molecule has 0 fully saturated rings. The molecule has 4 heteroatoms. The highest BCUT2D eigenvalue weighted by Crippen LogP contribution is 2.25. The van der Waals surface area contributed by atoms with Gasteiger partial charge in [-0.2, -0.15) is 0 Å². The van der Waals surface area contributed by atoms with Crippen molar-refractivity contribution in [3.8, 4) is 5.75 Å². The molecule has 1 unspecified atom stereocenters. The van der Waals surface area contributed by atoms with Gasteiger partial charge in [-0.05, 0) is 42.8 Å². The Morgan fingerprint density at radius 3 is 2.70 bits per heavy atom. The van der Waals surface area contributed by atoms with E-state index in [4.69, 9.17) is 4.74 Å². The number of benzene rings is 2. The van der Waals surface area contributed by atoms with Gasteiger partial charge in [0.25, 0.3) is 0 Å². The molecular formula is C16H18FNO2. The van der Waals surface area contributed by atoms with Gasteiger partial charge in [0, 0.05) is 17.3 Å². The maximum Gasteiger partial charge on any atom is 0.124 e. The summed E-state index contributed by atoms with van der Waals surface area (Å²) in [6.07, 6.45) is 0. The number of aliphatic hydroxyl groups excluding tert-OH is 1. The molecule has 20 heavy (non-hydrogen) atoms. The van der Waals surface area contributed by atoms with E-state index >= 15 is 0 Å². The SMILES string of the molecule is COc1ccc(NC(C)c2cccc(F)c2)cc1CO. The Morgan fingerprint density at radius 1 is 1.25 bits per heavy atom. The highest BCUT2D eigenvalue weighted by atomic mass is 19.1. The summed E-state index contributed by atoms with van der Waals surface area (Å²) in [7, 11) is 1.57. The summed E-state index contributed by atoms with van der Waals surface area (Å²) in [5, 5.41) is 12.6. The summed E-state index contributed by atoms with van der Waals surface area (Å²) in [6.45, 7) is 1.87. The third-order valence-electron chi connectivity index (χ3n) is 3.18. The predicted molar refractivity (Wildman–Crippen MR) is 77.4 cm³/mol. The third-order valence-corrected chi connectivity index (χ3v) is 3.18. The number of aliphatic hydroxyl groups is 1. The van der Waals surface area contributed by atoms with Gasteiger partial charge in [-0.15, -0.1) is 0 Å². The Hall–Kier alpha value is -2.07. The van der Waals surface area contributed by atoms with Crippen LogP contribution in [0.4, 0.5) is 10.1 Å². The van der Waals surface area contributed by atoms with E-state index in [1.54, 1.807) is 19.2 Å². The van der Waals surface area contributed by atoms with Crippen molar-refractivity contribution >= 4 is 5.69 Å². The second-order valence-corrected chi connectivity index (χ2v) is 4.61. The van der Waals surface area contributed by atoms with Crippen LogP contribution in [0.2, 0.25) is 0 Å². The van der Waals surface area contributed by atoms with Crippen molar-refractivity contribution in [1.82, 2.24) is 0 Å². The quantitative estimate of drug-likeness (QED) is 0.877. The molecule has 2 aromatic rings. The zero-order chi connectivity index (χ0) is 14.5. The van der Waals surface area contributed by atoms with Gasteiger partial charge in [0.2, 0.25) is 0 Å². The van der Waals surface area contributed by atoms with Crippen LogP contribution < -0.4 is 10.1 Å². The Labute approximate surface area is 118 Å². The lowest BCUT2D eigenvalue weighted by molar-refractivity contribution is 0.274. The van der Waals surface area contributed by atoms with Gasteiger partial charge in [-0.3, -0.25) is 0 Å². The standard InChI is InChI=1S/C16H18FNO2/c1-11(12-4-3-5-14(17)8-12)18-15-6-7-16(20-2)13(9-15)10-19/h3-9,11,18-19H,10H2,1-2H3. The van der Waals surface area contributed by atoms with Crippen LogP contribution in [0.25, 0.3) is 0 Å². The van der Waals surface area contributed by atoms with Gasteiger partial charge in [0.1, 0.15) is 11.6 Å². The molecule has 0 aromatic heterocycles. The summed E-state index contributed by atoms with van der Waals surface area (Å²) in [5.74, 6) is 0.401. The van der Waals surface area contributed by atoms with Gasteiger partial charge in [0.05, 0.1) is 13.7 Å². The smallest absolute Gasteiger partial charge is 0.124 e. The van der Waals surface area contributed by atoms with Crippen molar-refractivity contribution in [1.29, 1.82) is 0 Å². The molecule has 2 rings (SSSR count). The number of ether oxygens (including phenoxy) is 1. The minimum Gasteiger partial charge on any atom is -0.496 e. The zero-order valence-corrected chi connectivity index (χ0v) is 11.6. The van der Waals surface area contributed by atoms with Crippen LogP contribution in [0, 0.1) is 5.82 Å². The largest absolute Gasteiger partial charge is 0.496 e. The van der Waals surface area contributed by atoms with Crippen LogP contribution in [0.3, 0.4) is 0 Å². The highest BCUT2D eigenvalue weighted by Gasteiger charge is 2.08. The average Bonchev–Trinajstić information content (AvgIpc) is 2.47. The Balaban J connectivity index is 2.17. The van der Waals surface area contributed by atoms with Crippen LogP contribution in [0.5, 0.6) is 5.75 Å². The lowest BCUT2D eigenvalue weighted by Gasteiger charge is -2.17. The lowest BCUT2D eigenvalue weighted by Crippen LogP contribution is -2.07. The van der Waals surface area contributed by atoms with Crippen LogP contribution in [-0.4, -0.2) is 12.2 Å². The fourth-order valence-corrected chi connectivity index (χ4v) is 2.10. The number of halogens is 1. The van der Waals surface area contributed by atoms with Crippen molar-refractivity contribution < 1.29 is 14.2 Å². The summed E-state index contributed by atoms with van der Waals surface area (Å²) in [6, 6.07) is 12.0. The van der Waals surface area contributed by atoms with Crippen molar-refractivity contribution in [2.75, 3.05) is 12.4 Å². The van der Waals surface area contributed by atoms with Crippen molar-refractivity contribution in [2.24, 2.45) is 0 Å². The van der Waals surface area contributed by atoms with Crippen LogP contribution in [0.1, 0.15) is 24.1 Å². The Kier molecular flexibility index (Phi) is 4.58. The maximum atomic E-state index is 13.2. The first-order valence-corrected chi connectivity index (χ1v) is 6.44. The van der Waals surface area contributed by atoms with Gasteiger partial charge in [0.15, 0.2) is 0 Å². The molecule has 0 amide bonds. The second kappa shape index (κ2) is 6.39. The Morgan fingerprint density at radius 2 is 2.05 bits per heavy atom. The van der Waals surface area contributed by atoms with E-state index in [9.17, 15) is 9.50 Å². The summed E-state index contributed by atoms with van der Waals surface area (Å²) in [5.41, 5.74) is 2.43. The zero-order valence-electron chi connectivity index (χ0n) is 11.6. The van der Waals surface area contributed by atoms with Gasteiger partial charge < -0.3 is 15.2 Å². The molecule has 0 heterocycles. The van der Waals surface area contributed by atoms with E-state index in [1.807, 2.05) is 25.1 Å². The van der Waals surface area contributed by atoms with E-state index in [2.05, 4.69) is 5.32 Å². The first-order valence-electron chi connectivity index (χ1n) is 6.44. The minimum absolute atomic E-state index is 0.0364. The molecule has 0 saturated carbocycles. The molecule has 0 aliphatic rings. The Bertz CT molecular complexity index is 586. The number of rotatable bonds is 5. The fraction of sp³-hybridized carbons (Fsp3) is 0.250. The monoisotopic (exact) mass is 275 g/mol. The first-order chi connectivity index (χ1) is 9.63. The maximum absolute atomic E-state index is 13.2. The van der Waals surface area contributed by atoms with E-state index in [1.165, 1.54) is 12.1 Å². The fourth-order valence-electron chi connectivity index (χ4n) is 2.10. The van der Waals surface area contributed by atoms with Gasteiger partial charge >= 0.3 is 0 Å². The molecule has 2 aromatic carbocycles. The minimum atomic E-state index is -0.248. The molecule has 0 saturated heterocycles. The topological polar surface area (TPSA) is 41.5 Å². The number of anilines is 1. The molecule has 106 valence electrons. The van der Waals surface area contributed by atoms with Crippen LogP contribution >= 0.6 is 0 Å². The average molecular weight is 275 g/mol. The third kappa shape index (κ3) is 3.27. The van der Waals surface area contributed by atoms with E-state index < -0.39 is 0 Å². The molecule has 0 bridgehead atoms. The molecule has 0 radical (unpaired) electrons.